The topological polar surface area (TPSA) is 113 Å². The number of nitrogens with one attached hydrogen (secondary N) is 1. The normalized spacial score (nSPS) is 25.0. The highest BCUT2D eigenvalue weighted by Crippen LogP contribution is 2.20. The van der Waals surface area contributed by atoms with Gasteiger partial charge in [0.25, 0.3) is 0 Å². The van der Waals surface area contributed by atoms with Crippen molar-refractivity contribution in [1.82, 2.24) is 15.1 Å². The summed E-state index contributed by atoms with van der Waals surface area (Å²) in [5, 5.41) is 2.65. The van der Waals surface area contributed by atoms with Gasteiger partial charge in [-0.1, -0.05) is 6.92 Å². The first-order chi connectivity index (χ1) is 11.3. The number of carbonyl (C=O) groups is 4. The zero-order chi connectivity index (χ0) is 17.9. The van der Waals surface area contributed by atoms with Crippen molar-refractivity contribution in [3.63, 3.8) is 0 Å². The molecule has 0 saturated carbocycles. The number of hydrogen-bond donors (Lipinski definition) is 2. The van der Waals surface area contributed by atoms with Crippen LogP contribution < -0.4 is 11.1 Å². The Kier molecular flexibility index (Phi) is 6.09. The van der Waals surface area contributed by atoms with Gasteiger partial charge >= 0.3 is 6.03 Å². The molecule has 3 atom stereocenters. The smallest absolute Gasteiger partial charge is 0.324 e. The van der Waals surface area contributed by atoms with Crippen molar-refractivity contribution >= 4 is 35.5 Å². The highest BCUT2D eigenvalue weighted by molar-refractivity contribution is 7.98. The molecule has 0 bridgehead atoms. The zero-order valence-corrected chi connectivity index (χ0v) is 14.8. The average Bonchev–Trinajstić information content (AvgIpc) is 3.12. The lowest BCUT2D eigenvalue weighted by Gasteiger charge is -2.28. The van der Waals surface area contributed by atoms with Crippen molar-refractivity contribution in [2.24, 2.45) is 11.7 Å². The van der Waals surface area contributed by atoms with E-state index in [2.05, 4.69) is 5.32 Å². The molecule has 2 aliphatic rings. The number of imide groups is 1. The van der Waals surface area contributed by atoms with Crippen molar-refractivity contribution in [1.29, 1.82) is 0 Å². The SMILES string of the molecule is CSC[C@@H](NC(=O)N1CC(C)CC1=O)C(=O)N1CCC[C@H]1C(N)=O. The van der Waals surface area contributed by atoms with Gasteiger partial charge in [0.05, 0.1) is 0 Å². The number of amides is 5. The first kappa shape index (κ1) is 18.6. The summed E-state index contributed by atoms with van der Waals surface area (Å²) in [6, 6.07) is -1.95. The molecule has 1 unspecified atom stereocenters. The molecule has 0 aromatic heterocycles. The molecule has 134 valence electrons. The molecule has 3 N–H and O–H groups in total. The molecular formula is C15H24N4O4S. The number of primary amides is 1. The van der Waals surface area contributed by atoms with Crippen LogP contribution in [-0.4, -0.2) is 70.7 Å². The minimum atomic E-state index is -0.781. The Labute approximate surface area is 145 Å². The summed E-state index contributed by atoms with van der Waals surface area (Å²) in [5.41, 5.74) is 5.36. The van der Waals surface area contributed by atoms with Crippen LogP contribution in [0.2, 0.25) is 0 Å². The Morgan fingerprint density at radius 2 is 2.12 bits per heavy atom. The van der Waals surface area contributed by atoms with E-state index < -0.39 is 24.0 Å². The second-order valence-electron chi connectivity index (χ2n) is 6.36. The van der Waals surface area contributed by atoms with Crippen LogP contribution in [0.25, 0.3) is 0 Å². The molecule has 2 rings (SSSR count). The number of thioether (sulfide) groups is 1. The van der Waals surface area contributed by atoms with Crippen molar-refractivity contribution < 1.29 is 19.2 Å². The van der Waals surface area contributed by atoms with E-state index in [0.717, 1.165) is 4.90 Å². The second-order valence-corrected chi connectivity index (χ2v) is 7.27. The van der Waals surface area contributed by atoms with E-state index in [1.807, 2.05) is 13.2 Å². The third kappa shape index (κ3) is 4.00. The molecule has 2 aliphatic heterocycles. The average molecular weight is 356 g/mol. The summed E-state index contributed by atoms with van der Waals surface area (Å²) in [6.07, 6.45) is 3.42. The second kappa shape index (κ2) is 7.87. The Morgan fingerprint density at radius 1 is 1.42 bits per heavy atom. The third-order valence-corrected chi connectivity index (χ3v) is 5.02. The number of likely N-dealkylation sites (tertiary alicyclic amines) is 2. The quantitative estimate of drug-likeness (QED) is 0.707. The van der Waals surface area contributed by atoms with Crippen LogP contribution in [0, 0.1) is 5.92 Å². The molecule has 2 fully saturated rings. The fourth-order valence-corrected chi connectivity index (χ4v) is 3.74. The number of nitrogens with zero attached hydrogens (tertiary/aromatic N) is 2. The van der Waals surface area contributed by atoms with Gasteiger partial charge in [-0.05, 0) is 25.0 Å². The molecular weight excluding hydrogens is 332 g/mol. The highest BCUT2D eigenvalue weighted by atomic mass is 32.2. The number of rotatable bonds is 5. The Balaban J connectivity index is 2.05. The van der Waals surface area contributed by atoms with Crippen molar-refractivity contribution in [2.75, 3.05) is 25.1 Å². The summed E-state index contributed by atoms with van der Waals surface area (Å²) in [7, 11) is 0. The van der Waals surface area contributed by atoms with Gasteiger partial charge in [0.15, 0.2) is 0 Å². The van der Waals surface area contributed by atoms with E-state index in [9.17, 15) is 19.2 Å². The van der Waals surface area contributed by atoms with Crippen LogP contribution in [0.3, 0.4) is 0 Å². The van der Waals surface area contributed by atoms with E-state index in [-0.39, 0.29) is 17.7 Å². The van der Waals surface area contributed by atoms with Gasteiger partial charge in [-0.3, -0.25) is 19.3 Å². The van der Waals surface area contributed by atoms with Gasteiger partial charge in [0, 0.05) is 25.3 Å². The maximum absolute atomic E-state index is 12.7. The largest absolute Gasteiger partial charge is 0.368 e. The molecule has 2 heterocycles. The molecule has 2 saturated heterocycles. The third-order valence-electron chi connectivity index (χ3n) is 4.36. The lowest BCUT2D eigenvalue weighted by atomic mass is 10.2. The first-order valence-corrected chi connectivity index (χ1v) is 9.44. The number of urea groups is 1. The van der Waals surface area contributed by atoms with Gasteiger partial charge in [-0.25, -0.2) is 4.79 Å². The molecule has 24 heavy (non-hydrogen) atoms. The van der Waals surface area contributed by atoms with Crippen LogP contribution in [0.15, 0.2) is 0 Å². The molecule has 0 aliphatic carbocycles. The maximum Gasteiger partial charge on any atom is 0.324 e. The standard InChI is InChI=1S/C15H24N4O4S/c1-9-6-12(20)19(7-9)15(23)17-10(8-24-2)14(22)18-5-3-4-11(18)13(16)21/h9-11H,3-8H2,1-2H3,(H2,16,21)(H,17,23)/t9?,10-,11+/m1/s1. The summed E-state index contributed by atoms with van der Waals surface area (Å²) in [6.45, 7) is 2.71. The lowest BCUT2D eigenvalue weighted by molar-refractivity contribution is -0.138. The van der Waals surface area contributed by atoms with Gasteiger partial charge in [-0.2, -0.15) is 11.8 Å². The lowest BCUT2D eigenvalue weighted by Crippen LogP contribution is -2.56. The summed E-state index contributed by atoms with van der Waals surface area (Å²) < 4.78 is 0. The van der Waals surface area contributed by atoms with E-state index >= 15 is 0 Å². The van der Waals surface area contributed by atoms with Gasteiger partial charge in [0.2, 0.25) is 17.7 Å². The highest BCUT2D eigenvalue weighted by Gasteiger charge is 2.38. The molecule has 0 radical (unpaired) electrons. The van der Waals surface area contributed by atoms with Crippen molar-refractivity contribution in [3.05, 3.63) is 0 Å². The first-order valence-electron chi connectivity index (χ1n) is 8.04. The number of carbonyl (C=O) groups excluding carboxylic acids is 4. The monoisotopic (exact) mass is 356 g/mol. The molecule has 0 aromatic carbocycles. The molecule has 5 amide bonds. The van der Waals surface area contributed by atoms with Crippen LogP contribution in [-0.2, 0) is 14.4 Å². The minimum absolute atomic E-state index is 0.121. The molecule has 0 spiro atoms. The van der Waals surface area contributed by atoms with Crippen LogP contribution in [0.5, 0.6) is 0 Å². The van der Waals surface area contributed by atoms with E-state index in [4.69, 9.17) is 5.73 Å². The molecule has 9 heteroatoms. The van der Waals surface area contributed by atoms with Gasteiger partial charge in [0.1, 0.15) is 12.1 Å². The molecule has 8 nitrogen and oxygen atoms in total. The number of hydrogen-bond acceptors (Lipinski definition) is 5. The minimum Gasteiger partial charge on any atom is -0.368 e. The van der Waals surface area contributed by atoms with E-state index in [1.54, 1.807) is 0 Å². The molecule has 0 aromatic rings. The fourth-order valence-electron chi connectivity index (χ4n) is 3.18. The van der Waals surface area contributed by atoms with Crippen molar-refractivity contribution in [3.8, 4) is 0 Å². The summed E-state index contributed by atoms with van der Waals surface area (Å²) >= 11 is 1.41. The van der Waals surface area contributed by atoms with Crippen LogP contribution in [0.1, 0.15) is 26.2 Å². The predicted octanol–water partition coefficient (Wildman–Crippen LogP) is -0.228. The fraction of sp³-hybridized carbons (Fsp3) is 0.733. The summed E-state index contributed by atoms with van der Waals surface area (Å²) in [5.74, 6) is -0.593. The van der Waals surface area contributed by atoms with Crippen LogP contribution >= 0.6 is 11.8 Å². The summed E-state index contributed by atoms with van der Waals surface area (Å²) in [4.78, 5) is 51.0. The van der Waals surface area contributed by atoms with Crippen LogP contribution in [0.4, 0.5) is 4.79 Å². The maximum atomic E-state index is 12.7. The predicted molar refractivity (Wildman–Crippen MR) is 90.1 cm³/mol. The van der Waals surface area contributed by atoms with Crippen molar-refractivity contribution in [2.45, 2.75) is 38.3 Å². The van der Waals surface area contributed by atoms with E-state index in [1.165, 1.54) is 16.7 Å². The van der Waals surface area contributed by atoms with Gasteiger partial charge < -0.3 is 16.0 Å². The van der Waals surface area contributed by atoms with Gasteiger partial charge in [-0.15, -0.1) is 0 Å². The number of nitrogens with two attached hydrogens (primary N) is 1. The zero-order valence-electron chi connectivity index (χ0n) is 14.0. The Morgan fingerprint density at radius 3 is 2.67 bits per heavy atom. The Bertz CT molecular complexity index is 542. The van der Waals surface area contributed by atoms with E-state index in [0.29, 0.717) is 38.1 Å². The Hall–Kier alpha value is -1.77.